The highest BCUT2D eigenvalue weighted by atomic mass is 16.5. The van der Waals surface area contributed by atoms with Crippen LogP contribution in [0.5, 0.6) is 23.0 Å². The Morgan fingerprint density at radius 2 is 1.59 bits per heavy atom. The fourth-order valence-electron chi connectivity index (χ4n) is 4.32. The Balaban J connectivity index is 1.93. The van der Waals surface area contributed by atoms with Crippen LogP contribution in [0.25, 0.3) is 0 Å². The molecule has 1 aliphatic rings. The molecule has 0 bridgehead atoms. The molecular weight excluding hydrogens is 436 g/mol. The van der Waals surface area contributed by atoms with Gasteiger partial charge in [0.05, 0.1) is 34.4 Å². The summed E-state index contributed by atoms with van der Waals surface area (Å²) in [5.74, 6) is 1.40. The first-order chi connectivity index (χ1) is 16.5. The largest absolute Gasteiger partial charge is 0.497 e. The van der Waals surface area contributed by atoms with E-state index in [1.165, 1.54) is 0 Å². The van der Waals surface area contributed by atoms with Crippen LogP contribution < -0.4 is 24.3 Å². The van der Waals surface area contributed by atoms with Crippen LogP contribution in [-0.4, -0.2) is 64.8 Å². The predicted molar refractivity (Wildman–Crippen MR) is 129 cm³/mol. The zero-order chi connectivity index (χ0) is 24.7. The van der Waals surface area contributed by atoms with Crippen LogP contribution in [0.4, 0.5) is 0 Å². The van der Waals surface area contributed by atoms with Gasteiger partial charge in [-0.05, 0) is 48.4 Å². The first-order valence-corrected chi connectivity index (χ1v) is 11.5. The average molecular weight is 471 g/mol. The van der Waals surface area contributed by atoms with E-state index in [1.807, 2.05) is 12.1 Å². The molecule has 34 heavy (non-hydrogen) atoms. The summed E-state index contributed by atoms with van der Waals surface area (Å²) in [6.07, 6.45) is 1.89. The number of nitrogens with zero attached hydrogens (tertiary/aromatic N) is 1. The molecule has 8 heteroatoms. The van der Waals surface area contributed by atoms with Gasteiger partial charge in [0, 0.05) is 31.1 Å². The first kappa shape index (κ1) is 25.2. The quantitative estimate of drug-likeness (QED) is 0.535. The molecule has 0 spiro atoms. The number of rotatable bonds is 10. The monoisotopic (exact) mass is 470 g/mol. The molecular formula is C26H34N2O6. The van der Waals surface area contributed by atoms with Gasteiger partial charge in [-0.2, -0.15) is 0 Å². The summed E-state index contributed by atoms with van der Waals surface area (Å²) in [6.45, 7) is 3.41. The van der Waals surface area contributed by atoms with Crippen molar-refractivity contribution in [3.63, 3.8) is 0 Å². The van der Waals surface area contributed by atoms with E-state index in [1.54, 1.807) is 57.6 Å². The van der Waals surface area contributed by atoms with Crippen molar-refractivity contribution in [3.05, 3.63) is 47.5 Å². The SMILES string of the molecule is CCCCNC(=O)C1CN(C(=O)c2ccc(OC)cc2)CC1c1cc(OC)c(OC)c(OC)c1. The molecule has 1 aliphatic heterocycles. The lowest BCUT2D eigenvalue weighted by atomic mass is 9.88. The molecule has 2 aromatic carbocycles. The Morgan fingerprint density at radius 1 is 0.941 bits per heavy atom. The number of methoxy groups -OCH3 is 4. The maximum absolute atomic E-state index is 13.3. The van der Waals surface area contributed by atoms with Gasteiger partial charge in [-0.1, -0.05) is 13.3 Å². The minimum atomic E-state index is -0.401. The molecule has 2 unspecified atom stereocenters. The lowest BCUT2D eigenvalue weighted by Gasteiger charge is -2.21. The van der Waals surface area contributed by atoms with Crippen molar-refractivity contribution in [2.45, 2.75) is 25.7 Å². The fourth-order valence-corrected chi connectivity index (χ4v) is 4.32. The molecule has 1 fully saturated rings. The van der Waals surface area contributed by atoms with Crippen molar-refractivity contribution in [1.29, 1.82) is 0 Å². The van der Waals surface area contributed by atoms with Crippen molar-refractivity contribution >= 4 is 11.8 Å². The smallest absolute Gasteiger partial charge is 0.253 e. The van der Waals surface area contributed by atoms with Crippen molar-refractivity contribution in [2.24, 2.45) is 5.92 Å². The number of hydrogen-bond acceptors (Lipinski definition) is 6. The van der Waals surface area contributed by atoms with E-state index in [0.29, 0.717) is 48.2 Å². The van der Waals surface area contributed by atoms with Gasteiger partial charge in [0.15, 0.2) is 11.5 Å². The third kappa shape index (κ3) is 5.38. The van der Waals surface area contributed by atoms with E-state index in [9.17, 15) is 9.59 Å². The predicted octanol–water partition coefficient (Wildman–Crippen LogP) is 3.49. The van der Waals surface area contributed by atoms with E-state index in [0.717, 1.165) is 18.4 Å². The number of unbranched alkanes of at least 4 members (excludes halogenated alkanes) is 1. The standard InChI is InChI=1S/C26H34N2O6/c1-6-7-12-27-25(29)21-16-28(26(30)17-8-10-19(31-2)11-9-17)15-20(21)18-13-22(32-3)24(34-5)23(14-18)33-4/h8-11,13-14,20-21H,6-7,12,15-16H2,1-5H3,(H,27,29). The second kappa shape index (κ2) is 11.6. The van der Waals surface area contributed by atoms with Gasteiger partial charge in [-0.25, -0.2) is 0 Å². The lowest BCUT2D eigenvalue weighted by Crippen LogP contribution is -2.36. The van der Waals surface area contributed by atoms with Crippen LogP contribution in [-0.2, 0) is 4.79 Å². The van der Waals surface area contributed by atoms with Gasteiger partial charge in [0.2, 0.25) is 11.7 Å². The molecule has 0 aromatic heterocycles. The Morgan fingerprint density at radius 3 is 2.12 bits per heavy atom. The summed E-state index contributed by atoms with van der Waals surface area (Å²) in [4.78, 5) is 28.2. The highest BCUT2D eigenvalue weighted by molar-refractivity contribution is 5.95. The van der Waals surface area contributed by atoms with Crippen LogP contribution in [0.15, 0.2) is 36.4 Å². The molecule has 0 saturated carbocycles. The number of amides is 2. The minimum absolute atomic E-state index is 0.0581. The Kier molecular flexibility index (Phi) is 8.62. The van der Waals surface area contributed by atoms with E-state index in [2.05, 4.69) is 12.2 Å². The van der Waals surface area contributed by atoms with E-state index >= 15 is 0 Å². The Labute approximate surface area is 201 Å². The normalized spacial score (nSPS) is 17.3. The first-order valence-electron chi connectivity index (χ1n) is 11.5. The van der Waals surface area contributed by atoms with Gasteiger partial charge in [0.1, 0.15) is 5.75 Å². The average Bonchev–Trinajstić information content (AvgIpc) is 3.33. The Hall–Kier alpha value is -3.42. The molecule has 1 N–H and O–H groups in total. The molecule has 1 saturated heterocycles. The van der Waals surface area contributed by atoms with E-state index in [4.69, 9.17) is 18.9 Å². The van der Waals surface area contributed by atoms with Crippen LogP contribution in [0.1, 0.15) is 41.6 Å². The molecule has 8 nitrogen and oxygen atoms in total. The van der Waals surface area contributed by atoms with Gasteiger partial charge >= 0.3 is 0 Å². The molecule has 184 valence electrons. The molecule has 2 amide bonds. The van der Waals surface area contributed by atoms with Gasteiger partial charge in [0.25, 0.3) is 5.91 Å². The molecule has 3 rings (SSSR count). The summed E-state index contributed by atoms with van der Waals surface area (Å²) in [5.41, 5.74) is 1.41. The summed E-state index contributed by atoms with van der Waals surface area (Å²) in [7, 11) is 6.25. The molecule has 0 aliphatic carbocycles. The zero-order valence-corrected chi connectivity index (χ0v) is 20.6. The van der Waals surface area contributed by atoms with Gasteiger partial charge < -0.3 is 29.2 Å². The third-order valence-corrected chi connectivity index (χ3v) is 6.23. The molecule has 0 radical (unpaired) electrons. The highest BCUT2D eigenvalue weighted by Gasteiger charge is 2.41. The van der Waals surface area contributed by atoms with Crippen molar-refractivity contribution in [2.75, 3.05) is 48.1 Å². The summed E-state index contributed by atoms with van der Waals surface area (Å²) in [5, 5.41) is 3.04. The minimum Gasteiger partial charge on any atom is -0.497 e. The Bertz CT molecular complexity index is 966. The number of nitrogens with one attached hydrogen (secondary N) is 1. The van der Waals surface area contributed by atoms with Crippen LogP contribution in [0, 0.1) is 5.92 Å². The van der Waals surface area contributed by atoms with E-state index in [-0.39, 0.29) is 17.7 Å². The van der Waals surface area contributed by atoms with Gasteiger partial charge in [-0.3, -0.25) is 9.59 Å². The summed E-state index contributed by atoms with van der Waals surface area (Å²) < 4.78 is 21.7. The maximum atomic E-state index is 13.3. The number of likely N-dealkylation sites (tertiary alicyclic amines) is 1. The second-order valence-electron chi connectivity index (χ2n) is 8.25. The topological polar surface area (TPSA) is 86.3 Å². The van der Waals surface area contributed by atoms with Crippen molar-refractivity contribution in [1.82, 2.24) is 10.2 Å². The summed E-state index contributed by atoms with van der Waals surface area (Å²) >= 11 is 0. The van der Waals surface area contributed by atoms with Gasteiger partial charge in [-0.15, -0.1) is 0 Å². The van der Waals surface area contributed by atoms with Crippen LogP contribution >= 0.6 is 0 Å². The number of hydrogen-bond donors (Lipinski definition) is 1. The molecule has 1 heterocycles. The number of benzene rings is 2. The van der Waals surface area contributed by atoms with E-state index < -0.39 is 5.92 Å². The van der Waals surface area contributed by atoms with Crippen LogP contribution in [0.2, 0.25) is 0 Å². The third-order valence-electron chi connectivity index (χ3n) is 6.23. The maximum Gasteiger partial charge on any atom is 0.253 e. The number of carbonyl (C=O) groups excluding carboxylic acids is 2. The molecule has 2 aromatic rings. The molecule has 2 atom stereocenters. The second-order valence-corrected chi connectivity index (χ2v) is 8.25. The zero-order valence-electron chi connectivity index (χ0n) is 20.6. The number of ether oxygens (including phenoxy) is 4. The lowest BCUT2D eigenvalue weighted by molar-refractivity contribution is -0.124. The number of carbonyl (C=O) groups is 2. The highest BCUT2D eigenvalue weighted by Crippen LogP contribution is 2.43. The fraction of sp³-hybridized carbons (Fsp3) is 0.462. The van der Waals surface area contributed by atoms with Crippen molar-refractivity contribution in [3.8, 4) is 23.0 Å². The summed E-state index contributed by atoms with van der Waals surface area (Å²) in [6, 6.07) is 10.7. The van der Waals surface area contributed by atoms with Crippen LogP contribution in [0.3, 0.4) is 0 Å². The van der Waals surface area contributed by atoms with Crippen molar-refractivity contribution < 1.29 is 28.5 Å².